The first-order valence-electron chi connectivity index (χ1n) is 10.2. The van der Waals surface area contributed by atoms with Gasteiger partial charge in [0.1, 0.15) is 22.7 Å². The average Bonchev–Trinajstić information content (AvgIpc) is 3.18. The number of aliphatic hydroxyl groups excluding tert-OH is 1. The summed E-state index contributed by atoms with van der Waals surface area (Å²) >= 11 is 4.53. The standard InChI is InChI=1S/C25H22FNO4S/c1-2-30-25(29)23-20-14-19(16-6-4-3-5-7-16)21(27(32)12-13-28)15-22(20)31-24(23)17-8-10-18(26)11-9-17/h3-11,14-15,28,32H,2,12-13H2,1H3. The Kier molecular flexibility index (Phi) is 6.48. The Balaban J connectivity index is 2.01. The Morgan fingerprint density at radius 2 is 1.81 bits per heavy atom. The molecular formula is C25H22FNO4S. The van der Waals surface area contributed by atoms with Crippen molar-refractivity contribution in [3.63, 3.8) is 0 Å². The molecular weight excluding hydrogens is 429 g/mol. The van der Waals surface area contributed by atoms with Gasteiger partial charge in [-0.05, 0) is 42.8 Å². The Morgan fingerprint density at radius 3 is 2.47 bits per heavy atom. The molecule has 0 aliphatic carbocycles. The molecule has 0 aliphatic rings. The minimum Gasteiger partial charge on any atom is -0.462 e. The fourth-order valence-electron chi connectivity index (χ4n) is 3.62. The van der Waals surface area contributed by atoms with Gasteiger partial charge in [0, 0.05) is 22.6 Å². The van der Waals surface area contributed by atoms with Crippen molar-refractivity contribution in [3.05, 3.63) is 78.1 Å². The number of carbonyl (C=O) groups is 1. The van der Waals surface area contributed by atoms with Gasteiger partial charge in [-0.3, -0.25) is 0 Å². The summed E-state index contributed by atoms with van der Waals surface area (Å²) in [6, 6.07) is 19.1. The molecule has 4 aromatic rings. The third-order valence-electron chi connectivity index (χ3n) is 5.07. The van der Waals surface area contributed by atoms with Crippen molar-refractivity contribution >= 4 is 35.4 Å². The first kappa shape index (κ1) is 21.9. The predicted octanol–water partition coefficient (Wildman–Crippen LogP) is 5.73. The molecule has 0 unspecified atom stereocenters. The van der Waals surface area contributed by atoms with E-state index >= 15 is 0 Å². The van der Waals surface area contributed by atoms with Crippen LogP contribution in [0.5, 0.6) is 0 Å². The van der Waals surface area contributed by atoms with Crippen LogP contribution in [0.1, 0.15) is 17.3 Å². The molecule has 1 heterocycles. The van der Waals surface area contributed by atoms with E-state index in [9.17, 15) is 14.3 Å². The van der Waals surface area contributed by atoms with Crippen molar-refractivity contribution in [1.29, 1.82) is 0 Å². The Labute approximate surface area is 190 Å². The lowest BCUT2D eigenvalue weighted by atomic mass is 9.98. The van der Waals surface area contributed by atoms with Gasteiger partial charge in [0.25, 0.3) is 0 Å². The van der Waals surface area contributed by atoms with Crippen LogP contribution in [0.2, 0.25) is 0 Å². The molecule has 0 spiro atoms. The molecule has 5 nitrogen and oxygen atoms in total. The van der Waals surface area contributed by atoms with Gasteiger partial charge >= 0.3 is 5.97 Å². The first-order valence-corrected chi connectivity index (χ1v) is 10.6. The molecule has 1 aromatic heterocycles. The van der Waals surface area contributed by atoms with Crippen molar-refractivity contribution in [2.45, 2.75) is 6.92 Å². The molecule has 0 saturated heterocycles. The lowest BCUT2D eigenvalue weighted by molar-refractivity contribution is 0.0528. The van der Waals surface area contributed by atoms with Crippen LogP contribution < -0.4 is 4.31 Å². The van der Waals surface area contributed by atoms with E-state index in [1.165, 1.54) is 12.1 Å². The number of fused-ring (bicyclic) bond motifs is 1. The van der Waals surface area contributed by atoms with E-state index in [-0.39, 0.29) is 24.6 Å². The number of rotatable bonds is 7. The molecule has 7 heteroatoms. The molecule has 0 atom stereocenters. The Bertz CT molecular complexity index is 1240. The topological polar surface area (TPSA) is 62.9 Å². The van der Waals surface area contributed by atoms with Gasteiger partial charge in [-0.25, -0.2) is 9.18 Å². The molecule has 32 heavy (non-hydrogen) atoms. The van der Waals surface area contributed by atoms with Gasteiger partial charge in [0.2, 0.25) is 0 Å². The molecule has 4 rings (SSSR count). The van der Waals surface area contributed by atoms with Crippen molar-refractivity contribution < 1.29 is 23.4 Å². The monoisotopic (exact) mass is 451 g/mol. The van der Waals surface area contributed by atoms with Crippen molar-refractivity contribution in [2.24, 2.45) is 0 Å². The molecule has 0 aliphatic heterocycles. The molecule has 0 saturated carbocycles. The number of furan rings is 1. The summed E-state index contributed by atoms with van der Waals surface area (Å²) < 4.78 is 26.5. The fraction of sp³-hybridized carbons (Fsp3) is 0.160. The van der Waals surface area contributed by atoms with Crippen molar-refractivity contribution in [3.8, 4) is 22.5 Å². The number of anilines is 1. The van der Waals surface area contributed by atoms with Crippen LogP contribution in [0.15, 0.2) is 71.1 Å². The fourth-order valence-corrected chi connectivity index (χ4v) is 3.88. The van der Waals surface area contributed by atoms with Gasteiger partial charge < -0.3 is 18.6 Å². The largest absolute Gasteiger partial charge is 0.462 e. The first-order chi connectivity index (χ1) is 15.5. The molecule has 0 bridgehead atoms. The third kappa shape index (κ3) is 4.22. The lowest BCUT2D eigenvalue weighted by Gasteiger charge is -2.20. The summed E-state index contributed by atoms with van der Waals surface area (Å²) in [7, 11) is 0. The van der Waals surface area contributed by atoms with E-state index in [0.29, 0.717) is 28.8 Å². The predicted molar refractivity (Wildman–Crippen MR) is 126 cm³/mol. The number of aliphatic hydroxyl groups is 1. The summed E-state index contributed by atoms with van der Waals surface area (Å²) in [5.41, 5.74) is 3.76. The zero-order valence-electron chi connectivity index (χ0n) is 17.4. The molecule has 1 N–H and O–H groups in total. The maximum absolute atomic E-state index is 13.5. The Morgan fingerprint density at radius 1 is 1.09 bits per heavy atom. The van der Waals surface area contributed by atoms with E-state index in [1.54, 1.807) is 29.4 Å². The van der Waals surface area contributed by atoms with Crippen LogP contribution in [0.4, 0.5) is 10.1 Å². The van der Waals surface area contributed by atoms with Crippen molar-refractivity contribution in [2.75, 3.05) is 24.1 Å². The lowest BCUT2D eigenvalue weighted by Crippen LogP contribution is -2.16. The van der Waals surface area contributed by atoms with E-state index in [0.717, 1.165) is 16.8 Å². The van der Waals surface area contributed by atoms with Gasteiger partial charge in [0.15, 0.2) is 0 Å². The van der Waals surface area contributed by atoms with Gasteiger partial charge in [-0.1, -0.05) is 43.1 Å². The highest BCUT2D eigenvalue weighted by Gasteiger charge is 2.25. The molecule has 3 aromatic carbocycles. The second-order valence-corrected chi connectivity index (χ2v) is 7.59. The number of halogens is 1. The number of hydrogen-bond donors (Lipinski definition) is 2. The normalized spacial score (nSPS) is 11.0. The highest BCUT2D eigenvalue weighted by Crippen LogP contribution is 2.41. The Hall–Kier alpha value is -3.29. The van der Waals surface area contributed by atoms with E-state index in [4.69, 9.17) is 9.15 Å². The van der Waals surface area contributed by atoms with Crippen LogP contribution in [-0.4, -0.2) is 30.8 Å². The molecule has 0 radical (unpaired) electrons. The number of hydrogen-bond acceptors (Lipinski definition) is 6. The second kappa shape index (κ2) is 9.46. The minimum absolute atomic E-state index is 0.0805. The number of esters is 1. The zero-order valence-corrected chi connectivity index (χ0v) is 18.3. The zero-order chi connectivity index (χ0) is 22.7. The maximum Gasteiger partial charge on any atom is 0.342 e. The second-order valence-electron chi connectivity index (χ2n) is 7.11. The smallest absolute Gasteiger partial charge is 0.342 e. The van der Waals surface area contributed by atoms with Crippen molar-refractivity contribution in [1.82, 2.24) is 0 Å². The number of nitrogens with zero attached hydrogens (tertiary/aromatic N) is 1. The maximum atomic E-state index is 13.5. The number of carbonyl (C=O) groups excluding carboxylic acids is 1. The highest BCUT2D eigenvalue weighted by molar-refractivity contribution is 7.81. The molecule has 0 fully saturated rings. The summed E-state index contributed by atoms with van der Waals surface area (Å²) in [6.07, 6.45) is 0. The molecule has 0 amide bonds. The average molecular weight is 452 g/mol. The van der Waals surface area contributed by atoms with Crippen LogP contribution >= 0.6 is 12.8 Å². The van der Waals surface area contributed by atoms with Crippen LogP contribution in [0.3, 0.4) is 0 Å². The van der Waals surface area contributed by atoms with Gasteiger partial charge in [0.05, 0.1) is 25.4 Å². The third-order valence-corrected chi connectivity index (χ3v) is 5.48. The summed E-state index contributed by atoms with van der Waals surface area (Å²) in [6.45, 7) is 2.16. The van der Waals surface area contributed by atoms with Crippen LogP contribution in [0.25, 0.3) is 33.4 Å². The van der Waals surface area contributed by atoms with Crippen LogP contribution in [-0.2, 0) is 4.74 Å². The summed E-state index contributed by atoms with van der Waals surface area (Å²) in [5.74, 6) is -0.594. The quantitative estimate of drug-likeness (QED) is 0.278. The number of thiol groups is 1. The van der Waals surface area contributed by atoms with Crippen LogP contribution in [0, 0.1) is 5.82 Å². The molecule has 164 valence electrons. The van der Waals surface area contributed by atoms with Gasteiger partial charge in [-0.2, -0.15) is 0 Å². The van der Waals surface area contributed by atoms with E-state index in [1.807, 2.05) is 36.4 Å². The highest BCUT2D eigenvalue weighted by atomic mass is 32.1. The van der Waals surface area contributed by atoms with Gasteiger partial charge in [-0.15, -0.1) is 0 Å². The summed E-state index contributed by atoms with van der Waals surface area (Å²) in [5, 5.41) is 10.00. The van der Waals surface area contributed by atoms with E-state index < -0.39 is 5.97 Å². The SMILES string of the molecule is CCOC(=O)c1c(-c2ccc(F)cc2)oc2cc(N(S)CCO)c(-c3ccccc3)cc12. The van der Waals surface area contributed by atoms with E-state index in [2.05, 4.69) is 12.8 Å². The number of benzene rings is 3. The minimum atomic E-state index is -0.518. The summed E-state index contributed by atoms with van der Waals surface area (Å²) in [4.78, 5) is 12.9. The number of ether oxygens (including phenoxy) is 1.